The largest absolute Gasteiger partial charge is 0.483 e. The van der Waals surface area contributed by atoms with Gasteiger partial charge in [-0.2, -0.15) is 0 Å². The highest BCUT2D eigenvalue weighted by molar-refractivity contribution is 6.02. The lowest BCUT2D eigenvalue weighted by Gasteiger charge is -2.15. The summed E-state index contributed by atoms with van der Waals surface area (Å²) in [5, 5.41) is 5.60. The Hall–Kier alpha value is -3.54. The third-order valence-electron chi connectivity index (χ3n) is 4.60. The summed E-state index contributed by atoms with van der Waals surface area (Å²) < 4.78 is 10.8. The normalized spacial score (nSPS) is 10.7. The zero-order valence-corrected chi connectivity index (χ0v) is 17.4. The van der Waals surface area contributed by atoms with Crippen LogP contribution in [-0.4, -0.2) is 18.4 Å². The molecule has 0 bridgehead atoms. The first-order valence-corrected chi connectivity index (χ1v) is 9.86. The first kappa shape index (κ1) is 21.2. The van der Waals surface area contributed by atoms with E-state index in [4.69, 9.17) is 9.15 Å². The SMILES string of the molecule is Cc1ccc(C(C)C)c(OCC(=O)NCc2ccc(NC(=O)c3ccco3)cc2)c1. The van der Waals surface area contributed by atoms with Gasteiger partial charge in [-0.05, 0) is 59.9 Å². The average Bonchev–Trinajstić information content (AvgIpc) is 3.26. The molecule has 156 valence electrons. The highest BCUT2D eigenvalue weighted by Crippen LogP contribution is 2.27. The molecule has 6 heteroatoms. The van der Waals surface area contributed by atoms with Gasteiger partial charge in [-0.25, -0.2) is 0 Å². The van der Waals surface area contributed by atoms with Gasteiger partial charge in [-0.15, -0.1) is 0 Å². The van der Waals surface area contributed by atoms with Gasteiger partial charge in [0, 0.05) is 12.2 Å². The molecule has 2 N–H and O–H groups in total. The third-order valence-corrected chi connectivity index (χ3v) is 4.60. The van der Waals surface area contributed by atoms with Crippen molar-refractivity contribution in [3.05, 3.63) is 83.3 Å². The second-order valence-corrected chi connectivity index (χ2v) is 7.39. The van der Waals surface area contributed by atoms with Crippen LogP contribution in [0.2, 0.25) is 0 Å². The maximum absolute atomic E-state index is 12.2. The lowest BCUT2D eigenvalue weighted by atomic mass is 10.0. The highest BCUT2D eigenvalue weighted by atomic mass is 16.5. The molecule has 0 fully saturated rings. The summed E-state index contributed by atoms with van der Waals surface area (Å²) in [7, 11) is 0. The molecule has 0 saturated heterocycles. The van der Waals surface area contributed by atoms with Gasteiger partial charge in [-0.3, -0.25) is 9.59 Å². The molecule has 0 saturated carbocycles. The number of aryl methyl sites for hydroxylation is 1. The molecular formula is C24H26N2O4. The molecule has 0 unspecified atom stereocenters. The molecule has 3 aromatic rings. The zero-order valence-electron chi connectivity index (χ0n) is 17.4. The van der Waals surface area contributed by atoms with Crippen molar-refractivity contribution in [2.24, 2.45) is 0 Å². The number of rotatable bonds is 8. The molecule has 0 atom stereocenters. The maximum Gasteiger partial charge on any atom is 0.291 e. The number of hydrogen-bond acceptors (Lipinski definition) is 4. The molecule has 0 aliphatic rings. The molecule has 3 rings (SSSR count). The van der Waals surface area contributed by atoms with E-state index in [1.165, 1.54) is 6.26 Å². The Balaban J connectivity index is 1.48. The standard InChI is InChI=1S/C24H26N2O4/c1-16(2)20-11-6-17(3)13-22(20)30-15-23(27)25-14-18-7-9-19(10-8-18)26-24(28)21-5-4-12-29-21/h4-13,16H,14-15H2,1-3H3,(H,25,27)(H,26,28). The molecule has 6 nitrogen and oxygen atoms in total. The Morgan fingerprint density at radius 3 is 2.50 bits per heavy atom. The highest BCUT2D eigenvalue weighted by Gasteiger charge is 2.11. The van der Waals surface area contributed by atoms with Crippen molar-refractivity contribution in [3.63, 3.8) is 0 Å². The van der Waals surface area contributed by atoms with Gasteiger partial charge in [0.25, 0.3) is 11.8 Å². The van der Waals surface area contributed by atoms with E-state index in [-0.39, 0.29) is 24.2 Å². The Labute approximate surface area is 176 Å². The fourth-order valence-corrected chi connectivity index (χ4v) is 2.94. The number of hydrogen-bond donors (Lipinski definition) is 2. The lowest BCUT2D eigenvalue weighted by molar-refractivity contribution is -0.123. The van der Waals surface area contributed by atoms with E-state index in [0.717, 1.165) is 22.4 Å². The van der Waals surface area contributed by atoms with Crippen LogP contribution in [0.5, 0.6) is 5.75 Å². The van der Waals surface area contributed by atoms with Crippen LogP contribution < -0.4 is 15.4 Å². The molecule has 0 spiro atoms. The van der Waals surface area contributed by atoms with E-state index in [9.17, 15) is 9.59 Å². The molecule has 2 aromatic carbocycles. The summed E-state index contributed by atoms with van der Waals surface area (Å²) in [6.07, 6.45) is 1.45. The summed E-state index contributed by atoms with van der Waals surface area (Å²) in [6.45, 7) is 6.52. The smallest absolute Gasteiger partial charge is 0.291 e. The Morgan fingerprint density at radius 2 is 1.83 bits per heavy atom. The molecule has 0 aliphatic carbocycles. The van der Waals surface area contributed by atoms with Gasteiger partial charge in [0.15, 0.2) is 12.4 Å². The predicted molar refractivity (Wildman–Crippen MR) is 116 cm³/mol. The summed E-state index contributed by atoms with van der Waals surface area (Å²) in [6, 6.07) is 16.5. The van der Waals surface area contributed by atoms with E-state index in [1.807, 2.05) is 37.3 Å². The van der Waals surface area contributed by atoms with Gasteiger partial charge in [0.1, 0.15) is 5.75 Å². The summed E-state index contributed by atoms with van der Waals surface area (Å²) in [5.41, 5.74) is 3.74. The molecule has 30 heavy (non-hydrogen) atoms. The number of carbonyl (C=O) groups excluding carboxylic acids is 2. The van der Waals surface area contributed by atoms with Crippen LogP contribution in [0.25, 0.3) is 0 Å². The monoisotopic (exact) mass is 406 g/mol. The van der Waals surface area contributed by atoms with E-state index < -0.39 is 0 Å². The quantitative estimate of drug-likeness (QED) is 0.570. The van der Waals surface area contributed by atoms with Crippen LogP contribution in [0.15, 0.2) is 65.3 Å². The van der Waals surface area contributed by atoms with Crippen LogP contribution in [0.1, 0.15) is 47.0 Å². The van der Waals surface area contributed by atoms with Crippen molar-refractivity contribution in [1.29, 1.82) is 0 Å². The van der Waals surface area contributed by atoms with Gasteiger partial charge >= 0.3 is 0 Å². The fourth-order valence-electron chi connectivity index (χ4n) is 2.94. The van der Waals surface area contributed by atoms with Crippen LogP contribution in [0.4, 0.5) is 5.69 Å². The maximum atomic E-state index is 12.2. The number of carbonyl (C=O) groups is 2. The molecule has 2 amide bonds. The van der Waals surface area contributed by atoms with Crippen molar-refractivity contribution in [3.8, 4) is 5.75 Å². The van der Waals surface area contributed by atoms with Crippen molar-refractivity contribution in [2.75, 3.05) is 11.9 Å². The first-order valence-electron chi connectivity index (χ1n) is 9.86. The average molecular weight is 406 g/mol. The Kier molecular flexibility index (Phi) is 6.91. The van der Waals surface area contributed by atoms with Crippen LogP contribution >= 0.6 is 0 Å². The van der Waals surface area contributed by atoms with E-state index in [0.29, 0.717) is 18.2 Å². The minimum Gasteiger partial charge on any atom is -0.483 e. The Morgan fingerprint density at radius 1 is 1.07 bits per heavy atom. The minimum absolute atomic E-state index is 0.0412. The van der Waals surface area contributed by atoms with Gasteiger partial charge < -0.3 is 19.8 Å². The number of ether oxygens (including phenoxy) is 1. The second-order valence-electron chi connectivity index (χ2n) is 7.39. The first-order chi connectivity index (χ1) is 14.4. The number of anilines is 1. The minimum atomic E-state index is -0.310. The number of benzene rings is 2. The topological polar surface area (TPSA) is 80.6 Å². The summed E-state index contributed by atoms with van der Waals surface area (Å²) in [5.74, 6) is 0.810. The molecular weight excluding hydrogens is 380 g/mol. The second kappa shape index (κ2) is 9.78. The molecule has 1 aromatic heterocycles. The fraction of sp³-hybridized carbons (Fsp3) is 0.250. The number of nitrogens with one attached hydrogen (secondary N) is 2. The zero-order chi connectivity index (χ0) is 21.5. The number of amides is 2. The van der Waals surface area contributed by atoms with E-state index >= 15 is 0 Å². The van der Waals surface area contributed by atoms with Crippen LogP contribution in [0, 0.1) is 6.92 Å². The summed E-state index contributed by atoms with van der Waals surface area (Å²) >= 11 is 0. The lowest BCUT2D eigenvalue weighted by Crippen LogP contribution is -2.28. The van der Waals surface area contributed by atoms with Crippen molar-refractivity contribution in [2.45, 2.75) is 33.2 Å². The molecule has 0 radical (unpaired) electrons. The van der Waals surface area contributed by atoms with Crippen molar-refractivity contribution in [1.82, 2.24) is 5.32 Å². The van der Waals surface area contributed by atoms with Crippen LogP contribution in [0.3, 0.4) is 0 Å². The van der Waals surface area contributed by atoms with Crippen molar-refractivity contribution < 1.29 is 18.7 Å². The molecule has 0 aliphatic heterocycles. The van der Waals surface area contributed by atoms with Crippen LogP contribution in [-0.2, 0) is 11.3 Å². The van der Waals surface area contributed by atoms with Gasteiger partial charge in [0.2, 0.25) is 0 Å². The van der Waals surface area contributed by atoms with Crippen molar-refractivity contribution >= 4 is 17.5 Å². The third kappa shape index (κ3) is 5.73. The summed E-state index contributed by atoms with van der Waals surface area (Å²) in [4.78, 5) is 24.2. The van der Waals surface area contributed by atoms with Gasteiger partial charge in [-0.1, -0.05) is 38.1 Å². The van der Waals surface area contributed by atoms with E-state index in [1.54, 1.807) is 24.3 Å². The van der Waals surface area contributed by atoms with E-state index in [2.05, 4.69) is 24.5 Å². The van der Waals surface area contributed by atoms with Gasteiger partial charge in [0.05, 0.1) is 6.26 Å². The predicted octanol–water partition coefficient (Wildman–Crippen LogP) is 4.66. The molecule has 1 heterocycles. The Bertz CT molecular complexity index is 993. The number of furan rings is 1.